The first kappa shape index (κ1) is 21.3. The zero-order chi connectivity index (χ0) is 22.3. The molecule has 8 heteroatoms. The van der Waals surface area contributed by atoms with E-state index in [0.717, 1.165) is 11.3 Å². The smallest absolute Gasteiger partial charge is 0.273 e. The molecule has 0 saturated heterocycles. The lowest BCUT2D eigenvalue weighted by molar-refractivity contribution is -0.385. The SMILES string of the molecule is CC1(C)Oc2cc(N)ccc2CC1=O.CC1(C)Oc2cc([N+](=O)[O-])ccc2CC1=O. The molecule has 158 valence electrons. The Morgan fingerprint density at radius 2 is 1.33 bits per heavy atom. The van der Waals surface area contributed by atoms with E-state index in [1.165, 1.54) is 12.1 Å². The van der Waals surface area contributed by atoms with Crippen molar-refractivity contribution in [2.75, 3.05) is 5.73 Å². The average molecular weight is 412 g/mol. The summed E-state index contributed by atoms with van der Waals surface area (Å²) in [6, 6.07) is 9.72. The van der Waals surface area contributed by atoms with Crippen molar-refractivity contribution in [1.82, 2.24) is 0 Å². The lowest BCUT2D eigenvalue weighted by Crippen LogP contribution is -2.42. The number of Topliss-reactive ketones (excluding diaryl/α,β-unsaturated/α-hetero) is 2. The van der Waals surface area contributed by atoms with Crippen LogP contribution >= 0.6 is 0 Å². The van der Waals surface area contributed by atoms with E-state index in [-0.39, 0.29) is 23.7 Å². The van der Waals surface area contributed by atoms with Gasteiger partial charge in [-0.1, -0.05) is 6.07 Å². The van der Waals surface area contributed by atoms with Crippen molar-refractivity contribution in [3.63, 3.8) is 0 Å². The van der Waals surface area contributed by atoms with Crippen molar-refractivity contribution in [2.45, 2.75) is 51.7 Å². The second-order valence-electron chi connectivity index (χ2n) is 8.34. The summed E-state index contributed by atoms with van der Waals surface area (Å²) in [6.45, 7) is 6.89. The standard InChI is InChI=1S/C11H11NO4.C11H13NO2/c1-11(2)10(13)5-7-3-4-8(12(14)15)6-9(7)16-11;1-11(2)10(13)5-7-3-4-8(12)6-9(7)14-11/h3-4,6H,5H2,1-2H3;3-4,6H,5,12H2,1-2H3. The molecule has 2 N–H and O–H groups in total. The number of carbonyl (C=O) groups is 2. The predicted molar refractivity (Wildman–Crippen MR) is 111 cm³/mol. The number of benzene rings is 2. The maximum atomic E-state index is 11.6. The Morgan fingerprint density at radius 1 is 0.867 bits per heavy atom. The quantitative estimate of drug-likeness (QED) is 0.432. The third-order valence-corrected chi connectivity index (χ3v) is 5.13. The van der Waals surface area contributed by atoms with E-state index in [0.29, 0.717) is 23.4 Å². The number of rotatable bonds is 1. The molecule has 2 aromatic carbocycles. The van der Waals surface area contributed by atoms with Crippen molar-refractivity contribution in [1.29, 1.82) is 0 Å². The number of ether oxygens (including phenoxy) is 2. The van der Waals surface area contributed by atoms with Gasteiger partial charge in [0.15, 0.2) is 22.8 Å². The largest absolute Gasteiger partial charge is 0.480 e. The van der Waals surface area contributed by atoms with Crippen LogP contribution in [-0.2, 0) is 22.4 Å². The van der Waals surface area contributed by atoms with Crippen LogP contribution in [-0.4, -0.2) is 27.7 Å². The van der Waals surface area contributed by atoms with Crippen LogP contribution < -0.4 is 15.2 Å². The summed E-state index contributed by atoms with van der Waals surface area (Å²) in [6.07, 6.45) is 0.697. The molecule has 0 aliphatic carbocycles. The topological polar surface area (TPSA) is 122 Å². The highest BCUT2D eigenvalue weighted by Gasteiger charge is 2.36. The fourth-order valence-corrected chi connectivity index (χ4v) is 3.15. The summed E-state index contributed by atoms with van der Waals surface area (Å²) in [5.41, 5.74) is 6.28. The molecule has 0 radical (unpaired) electrons. The highest BCUT2D eigenvalue weighted by Crippen LogP contribution is 2.34. The Morgan fingerprint density at radius 3 is 1.83 bits per heavy atom. The summed E-state index contributed by atoms with van der Waals surface area (Å²) >= 11 is 0. The molecule has 8 nitrogen and oxygen atoms in total. The van der Waals surface area contributed by atoms with E-state index >= 15 is 0 Å². The summed E-state index contributed by atoms with van der Waals surface area (Å²) in [5.74, 6) is 1.25. The lowest BCUT2D eigenvalue weighted by Gasteiger charge is -2.31. The monoisotopic (exact) mass is 412 g/mol. The normalized spacial score (nSPS) is 18.0. The Labute approximate surface area is 174 Å². The van der Waals surface area contributed by atoms with E-state index in [2.05, 4.69) is 0 Å². The Kier molecular flexibility index (Phi) is 5.28. The molecule has 0 bridgehead atoms. The van der Waals surface area contributed by atoms with Gasteiger partial charge in [-0.05, 0) is 39.8 Å². The molecule has 2 aliphatic rings. The lowest BCUT2D eigenvalue weighted by atomic mass is 9.93. The van der Waals surface area contributed by atoms with E-state index in [1.54, 1.807) is 45.9 Å². The molecule has 0 fully saturated rings. The average Bonchev–Trinajstić information content (AvgIpc) is 2.63. The second kappa shape index (κ2) is 7.44. The number of hydrogen-bond acceptors (Lipinski definition) is 7. The number of fused-ring (bicyclic) bond motifs is 2. The van der Waals surface area contributed by atoms with Crippen LogP contribution in [0.25, 0.3) is 0 Å². The third-order valence-electron chi connectivity index (χ3n) is 5.13. The van der Waals surface area contributed by atoms with Gasteiger partial charge in [-0.25, -0.2) is 0 Å². The number of hydrogen-bond donors (Lipinski definition) is 1. The highest BCUT2D eigenvalue weighted by molar-refractivity contribution is 5.91. The number of non-ortho nitro benzene ring substituents is 1. The van der Waals surface area contributed by atoms with E-state index in [4.69, 9.17) is 15.2 Å². The molecule has 0 unspecified atom stereocenters. The van der Waals surface area contributed by atoms with Gasteiger partial charge < -0.3 is 15.2 Å². The first-order valence-electron chi connectivity index (χ1n) is 9.49. The van der Waals surface area contributed by atoms with Crippen molar-refractivity contribution < 1.29 is 24.0 Å². The number of nitrogens with zero attached hydrogens (tertiary/aromatic N) is 1. The molecular formula is C22H24N2O6. The van der Waals surface area contributed by atoms with Crippen LogP contribution in [0.4, 0.5) is 11.4 Å². The maximum absolute atomic E-state index is 11.6. The van der Waals surface area contributed by atoms with Crippen LogP contribution in [0.2, 0.25) is 0 Å². The third kappa shape index (κ3) is 4.27. The fourth-order valence-electron chi connectivity index (χ4n) is 3.15. The van der Waals surface area contributed by atoms with Crippen molar-refractivity contribution in [2.24, 2.45) is 0 Å². The predicted octanol–water partition coefficient (Wildman–Crippen LogP) is 3.43. The molecule has 4 rings (SSSR count). The number of ketones is 2. The second-order valence-corrected chi connectivity index (χ2v) is 8.34. The minimum atomic E-state index is -0.901. The minimum Gasteiger partial charge on any atom is -0.480 e. The molecule has 0 saturated carbocycles. The number of nitro benzene ring substituents is 1. The van der Waals surface area contributed by atoms with Crippen molar-refractivity contribution in [3.05, 3.63) is 57.6 Å². The highest BCUT2D eigenvalue weighted by atomic mass is 16.6. The van der Waals surface area contributed by atoms with Gasteiger partial charge in [0.25, 0.3) is 5.69 Å². The van der Waals surface area contributed by atoms with Crippen LogP contribution in [0.1, 0.15) is 38.8 Å². The minimum absolute atomic E-state index is 0.0196. The van der Waals surface area contributed by atoms with E-state index in [9.17, 15) is 19.7 Å². The summed E-state index contributed by atoms with van der Waals surface area (Å²) < 4.78 is 11.1. The number of carbonyl (C=O) groups excluding carboxylic acids is 2. The Bertz CT molecular complexity index is 1040. The van der Waals surface area contributed by atoms with Crippen molar-refractivity contribution >= 4 is 22.9 Å². The number of anilines is 1. The van der Waals surface area contributed by atoms with Gasteiger partial charge in [0, 0.05) is 41.8 Å². The molecule has 2 heterocycles. The number of nitrogen functional groups attached to an aromatic ring is 1. The van der Waals surface area contributed by atoms with Gasteiger partial charge in [-0.15, -0.1) is 0 Å². The van der Waals surface area contributed by atoms with Crippen LogP contribution in [0.3, 0.4) is 0 Å². The van der Waals surface area contributed by atoms with E-state index in [1.807, 2.05) is 6.07 Å². The summed E-state index contributed by atoms with van der Waals surface area (Å²) in [5, 5.41) is 10.6. The number of nitro groups is 1. The van der Waals surface area contributed by atoms with Crippen LogP contribution in [0, 0.1) is 10.1 Å². The van der Waals surface area contributed by atoms with Crippen LogP contribution in [0.15, 0.2) is 36.4 Å². The molecule has 30 heavy (non-hydrogen) atoms. The molecule has 2 aliphatic heterocycles. The Balaban J connectivity index is 0.000000172. The molecule has 0 aromatic heterocycles. The van der Waals surface area contributed by atoms with Gasteiger partial charge in [0.2, 0.25) is 0 Å². The summed E-state index contributed by atoms with van der Waals surface area (Å²) in [7, 11) is 0. The van der Waals surface area contributed by atoms with Gasteiger partial charge in [-0.2, -0.15) is 0 Å². The zero-order valence-electron chi connectivity index (χ0n) is 17.4. The Hall–Kier alpha value is -3.42. The van der Waals surface area contributed by atoms with Gasteiger partial charge in [-0.3, -0.25) is 19.7 Å². The molecule has 2 aromatic rings. The summed E-state index contributed by atoms with van der Waals surface area (Å²) in [4.78, 5) is 33.4. The number of nitrogens with two attached hydrogens (primary N) is 1. The van der Waals surface area contributed by atoms with Gasteiger partial charge in [0.05, 0.1) is 11.0 Å². The van der Waals surface area contributed by atoms with Crippen LogP contribution in [0.5, 0.6) is 11.5 Å². The molecule has 0 spiro atoms. The van der Waals surface area contributed by atoms with Gasteiger partial charge >= 0.3 is 0 Å². The first-order valence-corrected chi connectivity index (χ1v) is 9.49. The zero-order valence-corrected chi connectivity index (χ0v) is 17.4. The maximum Gasteiger partial charge on any atom is 0.273 e. The van der Waals surface area contributed by atoms with Crippen molar-refractivity contribution in [3.8, 4) is 11.5 Å². The fraction of sp³-hybridized carbons (Fsp3) is 0.364. The molecule has 0 amide bonds. The van der Waals surface area contributed by atoms with E-state index < -0.39 is 16.1 Å². The van der Waals surface area contributed by atoms with Gasteiger partial charge in [0.1, 0.15) is 11.5 Å². The molecule has 0 atom stereocenters. The first-order chi connectivity index (χ1) is 13.9. The molecular weight excluding hydrogens is 388 g/mol.